The third kappa shape index (κ3) is 6.53. The zero-order valence-electron chi connectivity index (χ0n) is 18.9. The number of likely N-dealkylation sites (tertiary alicyclic amines) is 1. The molecule has 0 unspecified atom stereocenters. The third-order valence-corrected chi connectivity index (χ3v) is 6.70. The van der Waals surface area contributed by atoms with Gasteiger partial charge in [-0.3, -0.25) is 4.79 Å². The summed E-state index contributed by atoms with van der Waals surface area (Å²) in [6, 6.07) is 14.2. The number of rotatable bonds is 10. The van der Waals surface area contributed by atoms with Crippen LogP contribution in [0.25, 0.3) is 0 Å². The van der Waals surface area contributed by atoms with Gasteiger partial charge in [-0.15, -0.1) is 0 Å². The van der Waals surface area contributed by atoms with Gasteiger partial charge in [0.25, 0.3) is 0 Å². The van der Waals surface area contributed by atoms with Gasteiger partial charge in [0.2, 0.25) is 0 Å². The van der Waals surface area contributed by atoms with Gasteiger partial charge < -0.3 is 20.6 Å². The Kier molecular flexibility index (Phi) is 8.13. The van der Waals surface area contributed by atoms with Crippen LogP contribution in [-0.4, -0.2) is 53.7 Å². The molecule has 2 aliphatic rings. The topological polar surface area (TPSA) is 77.5 Å². The predicted octanol–water partition coefficient (Wildman–Crippen LogP) is 3.89. The summed E-state index contributed by atoms with van der Waals surface area (Å²) in [5.74, 6) is 0.893. The Balaban J connectivity index is 1.23. The summed E-state index contributed by atoms with van der Waals surface area (Å²) >= 11 is 0. The second kappa shape index (κ2) is 11.4. The number of carboxylic acid groups (broad SMARTS) is 1. The van der Waals surface area contributed by atoms with Crippen LogP contribution in [0.1, 0.15) is 55.0 Å². The Hall–Kier alpha value is -2.44. The van der Waals surface area contributed by atoms with E-state index in [1.165, 1.54) is 30.5 Å². The summed E-state index contributed by atoms with van der Waals surface area (Å²) in [4.78, 5) is 18.7. The molecule has 6 nitrogen and oxygen atoms in total. The number of carbonyl (C=O) groups is 1. The number of nitrogens with one attached hydrogen (secondary N) is 2. The lowest BCUT2D eigenvalue weighted by molar-refractivity contribution is -0.137. The molecule has 2 atom stereocenters. The molecular weight excluding hydrogens is 400 g/mol. The minimum Gasteiger partial charge on any atom is -0.481 e. The van der Waals surface area contributed by atoms with Gasteiger partial charge in [-0.05, 0) is 81.3 Å². The second-order valence-corrected chi connectivity index (χ2v) is 9.22. The van der Waals surface area contributed by atoms with Gasteiger partial charge in [-0.25, -0.2) is 4.98 Å². The molecule has 3 heterocycles. The van der Waals surface area contributed by atoms with E-state index < -0.39 is 5.97 Å². The van der Waals surface area contributed by atoms with Crippen molar-refractivity contribution in [2.45, 2.75) is 51.0 Å². The average Bonchev–Trinajstić information content (AvgIpc) is 2.82. The Bertz CT molecular complexity index is 873. The molecule has 172 valence electrons. The number of nitrogens with zero attached hydrogens (tertiary/aromatic N) is 2. The molecule has 1 aromatic heterocycles. The Morgan fingerprint density at radius 3 is 2.94 bits per heavy atom. The number of aromatic nitrogens is 1. The number of aryl methyl sites for hydroxylation is 2. The molecule has 0 saturated carbocycles. The maximum absolute atomic E-state index is 11.3. The molecule has 0 radical (unpaired) electrons. The minimum absolute atomic E-state index is 0.114. The summed E-state index contributed by atoms with van der Waals surface area (Å²) < 4.78 is 0. The first-order valence-electron chi connectivity index (χ1n) is 12.1. The van der Waals surface area contributed by atoms with Crippen molar-refractivity contribution in [3.8, 4) is 0 Å². The highest BCUT2D eigenvalue weighted by Crippen LogP contribution is 2.22. The highest BCUT2D eigenvalue weighted by atomic mass is 16.4. The van der Waals surface area contributed by atoms with Gasteiger partial charge in [0.05, 0.1) is 6.42 Å². The number of anilines is 1. The number of hydrogen-bond acceptors (Lipinski definition) is 5. The van der Waals surface area contributed by atoms with Gasteiger partial charge >= 0.3 is 5.97 Å². The summed E-state index contributed by atoms with van der Waals surface area (Å²) in [7, 11) is 0. The van der Waals surface area contributed by atoms with Gasteiger partial charge in [0, 0.05) is 24.8 Å². The maximum atomic E-state index is 11.3. The molecule has 1 saturated heterocycles. The molecule has 3 N–H and O–H groups in total. The van der Waals surface area contributed by atoms with Crippen LogP contribution in [0.15, 0.2) is 42.5 Å². The Labute approximate surface area is 191 Å². The molecule has 2 aromatic rings. The second-order valence-electron chi connectivity index (χ2n) is 9.22. The fourth-order valence-corrected chi connectivity index (χ4v) is 4.99. The lowest BCUT2D eigenvalue weighted by atomic mass is 9.96. The van der Waals surface area contributed by atoms with E-state index in [0.717, 1.165) is 63.4 Å². The van der Waals surface area contributed by atoms with Gasteiger partial charge in [0.1, 0.15) is 5.82 Å². The number of fused-ring (bicyclic) bond motifs is 1. The van der Waals surface area contributed by atoms with E-state index in [0.29, 0.717) is 5.92 Å². The minimum atomic E-state index is -0.761. The maximum Gasteiger partial charge on any atom is 0.305 e. The molecule has 0 amide bonds. The molecule has 0 aliphatic carbocycles. The van der Waals surface area contributed by atoms with Gasteiger partial charge in [-0.1, -0.05) is 36.4 Å². The summed E-state index contributed by atoms with van der Waals surface area (Å²) in [5.41, 5.74) is 3.59. The molecule has 0 spiro atoms. The lowest BCUT2D eigenvalue weighted by Crippen LogP contribution is -2.41. The first-order chi connectivity index (χ1) is 15.7. The van der Waals surface area contributed by atoms with Crippen molar-refractivity contribution in [1.82, 2.24) is 15.2 Å². The Morgan fingerprint density at radius 1 is 1.22 bits per heavy atom. The summed E-state index contributed by atoms with van der Waals surface area (Å²) in [5, 5.41) is 16.3. The van der Waals surface area contributed by atoms with Crippen LogP contribution < -0.4 is 10.6 Å². The molecule has 32 heavy (non-hydrogen) atoms. The summed E-state index contributed by atoms with van der Waals surface area (Å²) in [6.45, 7) is 5.24. The normalized spacial score (nSPS) is 19.7. The number of hydrogen-bond donors (Lipinski definition) is 3. The van der Waals surface area contributed by atoms with Crippen LogP contribution in [0.4, 0.5) is 5.82 Å². The van der Waals surface area contributed by atoms with E-state index >= 15 is 0 Å². The first-order valence-corrected chi connectivity index (χ1v) is 12.1. The van der Waals surface area contributed by atoms with Crippen LogP contribution in [-0.2, 0) is 17.6 Å². The van der Waals surface area contributed by atoms with Crippen molar-refractivity contribution in [1.29, 1.82) is 0 Å². The van der Waals surface area contributed by atoms with Crippen LogP contribution >= 0.6 is 0 Å². The van der Waals surface area contributed by atoms with Crippen LogP contribution in [0.3, 0.4) is 0 Å². The molecule has 4 rings (SSSR count). The molecule has 1 fully saturated rings. The molecule has 2 aliphatic heterocycles. The summed E-state index contributed by atoms with van der Waals surface area (Å²) in [6.07, 6.45) is 7.00. The van der Waals surface area contributed by atoms with Gasteiger partial charge in [0.15, 0.2) is 0 Å². The number of benzene rings is 1. The largest absolute Gasteiger partial charge is 0.481 e. The van der Waals surface area contributed by atoms with E-state index in [-0.39, 0.29) is 12.5 Å². The van der Waals surface area contributed by atoms with Crippen molar-refractivity contribution in [3.63, 3.8) is 0 Å². The van der Waals surface area contributed by atoms with Crippen LogP contribution in [0.2, 0.25) is 0 Å². The first kappa shape index (κ1) is 22.7. The highest BCUT2D eigenvalue weighted by Gasteiger charge is 2.22. The molecule has 1 aromatic carbocycles. The number of carboxylic acids is 1. The van der Waals surface area contributed by atoms with E-state index in [2.05, 4.69) is 27.7 Å². The average molecular weight is 437 g/mol. The number of pyridine rings is 1. The van der Waals surface area contributed by atoms with Crippen molar-refractivity contribution in [3.05, 3.63) is 59.3 Å². The van der Waals surface area contributed by atoms with Crippen molar-refractivity contribution in [2.24, 2.45) is 5.92 Å². The standard InChI is InChI=1S/C26H36N4O2/c31-25(32)17-24(21-8-2-1-3-9-21)28-18-20-7-5-15-30(19-20)16-6-11-23-13-12-22-10-4-14-27-26(22)29-23/h1-3,8-9,12-13,20,24,28H,4-7,10-11,14-19H2,(H,27,29)(H,31,32)/t20-,24-/m0/s1. The van der Waals surface area contributed by atoms with E-state index in [9.17, 15) is 9.90 Å². The smallest absolute Gasteiger partial charge is 0.305 e. The zero-order valence-corrected chi connectivity index (χ0v) is 18.9. The fraction of sp³-hybridized carbons (Fsp3) is 0.538. The van der Waals surface area contributed by atoms with Gasteiger partial charge in [-0.2, -0.15) is 0 Å². The fourth-order valence-electron chi connectivity index (χ4n) is 4.99. The Morgan fingerprint density at radius 2 is 2.09 bits per heavy atom. The van der Waals surface area contributed by atoms with Crippen LogP contribution in [0.5, 0.6) is 0 Å². The molecule has 6 heteroatoms. The van der Waals surface area contributed by atoms with E-state index in [1.54, 1.807) is 0 Å². The van der Waals surface area contributed by atoms with E-state index in [4.69, 9.17) is 4.98 Å². The number of aliphatic carboxylic acids is 1. The van der Waals surface area contributed by atoms with Crippen LogP contribution in [0, 0.1) is 5.92 Å². The number of piperidine rings is 1. The lowest BCUT2D eigenvalue weighted by Gasteiger charge is -2.33. The highest BCUT2D eigenvalue weighted by molar-refractivity contribution is 5.67. The molecule has 0 bridgehead atoms. The monoisotopic (exact) mass is 436 g/mol. The predicted molar refractivity (Wildman–Crippen MR) is 128 cm³/mol. The van der Waals surface area contributed by atoms with Crippen molar-refractivity contribution >= 4 is 11.8 Å². The van der Waals surface area contributed by atoms with E-state index in [1.807, 2.05) is 30.3 Å². The zero-order chi connectivity index (χ0) is 22.2. The molecular formula is C26H36N4O2. The van der Waals surface area contributed by atoms with Crippen molar-refractivity contribution in [2.75, 3.05) is 38.0 Å². The SMILES string of the molecule is O=C(O)C[C@H](NC[C@@H]1CCCN(CCCc2ccc3c(n2)NCCC3)C1)c1ccccc1. The third-order valence-electron chi connectivity index (χ3n) is 6.70. The quantitative estimate of drug-likeness (QED) is 0.525. The van der Waals surface area contributed by atoms with Crippen molar-refractivity contribution < 1.29 is 9.90 Å².